The van der Waals surface area contributed by atoms with Gasteiger partial charge in [0, 0.05) is 44.0 Å². The maximum atomic E-state index is 13.0. The molecule has 1 atom stereocenters. The van der Waals surface area contributed by atoms with Crippen LogP contribution in [0.25, 0.3) is 0 Å². The zero-order valence-corrected chi connectivity index (χ0v) is 16.8. The molecule has 7 nitrogen and oxygen atoms in total. The first-order valence-corrected chi connectivity index (χ1v) is 10.1. The molecule has 0 spiro atoms. The van der Waals surface area contributed by atoms with Crippen LogP contribution in [0.15, 0.2) is 18.2 Å². The Bertz CT molecular complexity index is 821. The average Bonchev–Trinajstić information content (AvgIpc) is 2.92. The number of carbonyl (C=O) groups is 3. The molecule has 4 rings (SSSR count). The van der Waals surface area contributed by atoms with Crippen LogP contribution in [-0.2, 0) is 4.79 Å². The van der Waals surface area contributed by atoms with E-state index in [-0.39, 0.29) is 23.3 Å². The zero-order valence-electron chi connectivity index (χ0n) is 16.8. The van der Waals surface area contributed by atoms with Crippen LogP contribution in [0.1, 0.15) is 54.3 Å². The first-order valence-electron chi connectivity index (χ1n) is 10.1. The lowest BCUT2D eigenvalue weighted by Gasteiger charge is -2.43. The molecule has 0 bridgehead atoms. The topological polar surface area (TPSA) is 73.0 Å². The molecule has 1 aromatic rings. The third kappa shape index (κ3) is 3.17. The number of carbonyl (C=O) groups excluding carboxylic acids is 3. The van der Waals surface area contributed by atoms with Crippen molar-refractivity contribution in [3.05, 3.63) is 29.3 Å². The van der Waals surface area contributed by atoms with E-state index in [1.54, 1.807) is 6.07 Å². The lowest BCUT2D eigenvalue weighted by molar-refractivity contribution is -0.126. The summed E-state index contributed by atoms with van der Waals surface area (Å²) in [5.41, 5.74) is 1.93. The van der Waals surface area contributed by atoms with E-state index in [1.807, 2.05) is 12.1 Å². The first kappa shape index (κ1) is 18.9. The summed E-state index contributed by atoms with van der Waals surface area (Å²) in [6.07, 6.45) is 1.30. The van der Waals surface area contributed by atoms with Gasteiger partial charge in [-0.3, -0.25) is 24.2 Å². The Morgan fingerprint density at radius 2 is 1.64 bits per heavy atom. The molecule has 1 unspecified atom stereocenters. The van der Waals surface area contributed by atoms with Crippen LogP contribution >= 0.6 is 0 Å². The summed E-state index contributed by atoms with van der Waals surface area (Å²) in [5.74, 6) is -0.942. The minimum atomic E-state index is -0.695. The summed E-state index contributed by atoms with van der Waals surface area (Å²) in [6.45, 7) is 10.9. The van der Waals surface area contributed by atoms with Crippen LogP contribution in [0.4, 0.5) is 5.69 Å². The zero-order chi connectivity index (χ0) is 20.1. The number of anilines is 1. The lowest BCUT2D eigenvalue weighted by atomic mass is 10.0. The number of hydrogen-bond acceptors (Lipinski definition) is 5. The molecule has 3 amide bonds. The first-order chi connectivity index (χ1) is 13.3. The molecule has 3 aliphatic heterocycles. The summed E-state index contributed by atoms with van der Waals surface area (Å²) >= 11 is 0. The molecule has 2 saturated heterocycles. The number of piperazine rings is 1. The lowest BCUT2D eigenvalue weighted by Crippen LogP contribution is -2.53. The second-order valence-electron chi connectivity index (χ2n) is 8.80. The quantitative estimate of drug-likeness (QED) is 0.782. The van der Waals surface area contributed by atoms with Crippen molar-refractivity contribution in [3.8, 4) is 0 Å². The van der Waals surface area contributed by atoms with Crippen LogP contribution < -0.4 is 10.2 Å². The van der Waals surface area contributed by atoms with E-state index < -0.39 is 6.04 Å². The van der Waals surface area contributed by atoms with Gasteiger partial charge in [-0.15, -0.1) is 0 Å². The Morgan fingerprint density at radius 3 is 2.29 bits per heavy atom. The number of amides is 3. The smallest absolute Gasteiger partial charge is 0.262 e. The van der Waals surface area contributed by atoms with Crippen LogP contribution in [0.2, 0.25) is 0 Å². The summed E-state index contributed by atoms with van der Waals surface area (Å²) in [5, 5.41) is 2.76. The molecule has 1 aromatic carbocycles. The Hall–Kier alpha value is -2.41. The van der Waals surface area contributed by atoms with E-state index in [2.05, 4.69) is 35.9 Å². The number of imide groups is 1. The van der Waals surface area contributed by atoms with Gasteiger partial charge in [-0.2, -0.15) is 0 Å². The molecule has 1 N–H and O–H groups in total. The van der Waals surface area contributed by atoms with E-state index >= 15 is 0 Å². The van der Waals surface area contributed by atoms with Gasteiger partial charge in [0.1, 0.15) is 6.04 Å². The fourth-order valence-corrected chi connectivity index (χ4v) is 4.36. The summed E-state index contributed by atoms with van der Waals surface area (Å²) in [4.78, 5) is 43.8. The van der Waals surface area contributed by atoms with E-state index in [9.17, 15) is 14.4 Å². The number of nitrogens with zero attached hydrogens (tertiary/aromatic N) is 3. The highest BCUT2D eigenvalue weighted by atomic mass is 16.2. The normalized spacial score (nSPS) is 23.8. The van der Waals surface area contributed by atoms with Gasteiger partial charge in [-0.25, -0.2) is 0 Å². The van der Waals surface area contributed by atoms with E-state index in [0.717, 1.165) is 43.2 Å². The van der Waals surface area contributed by atoms with Crippen molar-refractivity contribution in [2.45, 2.75) is 45.2 Å². The summed E-state index contributed by atoms with van der Waals surface area (Å²) in [7, 11) is 0. The highest BCUT2D eigenvalue weighted by molar-refractivity contribution is 6.23. The van der Waals surface area contributed by atoms with Crippen LogP contribution in [0, 0.1) is 0 Å². The standard InChI is InChI=1S/C21H28N4O3/c1-21(2,3)24-11-9-23(10-12-24)14-6-7-15-16(13-14)20(28)25(19(15)27)17-5-4-8-22-18(17)26/h6-7,13,17H,4-5,8-12H2,1-3H3,(H,22,26). The minimum absolute atomic E-state index is 0.146. The molecular formula is C21H28N4O3. The summed E-state index contributed by atoms with van der Waals surface area (Å²) < 4.78 is 0. The number of nitrogens with one attached hydrogen (secondary N) is 1. The molecule has 0 saturated carbocycles. The van der Waals surface area contributed by atoms with Crippen molar-refractivity contribution >= 4 is 23.4 Å². The van der Waals surface area contributed by atoms with Gasteiger partial charge < -0.3 is 10.2 Å². The molecule has 28 heavy (non-hydrogen) atoms. The molecular weight excluding hydrogens is 356 g/mol. The third-order valence-electron chi connectivity index (χ3n) is 6.06. The second kappa shape index (κ2) is 6.88. The number of hydrogen-bond donors (Lipinski definition) is 1. The number of rotatable bonds is 2. The van der Waals surface area contributed by atoms with Crippen molar-refractivity contribution in [1.29, 1.82) is 0 Å². The fourth-order valence-electron chi connectivity index (χ4n) is 4.36. The van der Waals surface area contributed by atoms with Crippen LogP contribution in [0.3, 0.4) is 0 Å². The number of piperidine rings is 1. The van der Waals surface area contributed by atoms with E-state index in [1.165, 1.54) is 0 Å². The van der Waals surface area contributed by atoms with Gasteiger partial charge in [-0.1, -0.05) is 0 Å². The van der Waals surface area contributed by atoms with Crippen molar-refractivity contribution in [1.82, 2.24) is 15.1 Å². The number of benzene rings is 1. The van der Waals surface area contributed by atoms with Crippen molar-refractivity contribution in [3.63, 3.8) is 0 Å². The Morgan fingerprint density at radius 1 is 0.964 bits per heavy atom. The largest absolute Gasteiger partial charge is 0.369 e. The predicted octanol–water partition coefficient (Wildman–Crippen LogP) is 1.48. The van der Waals surface area contributed by atoms with Gasteiger partial charge in [0.2, 0.25) is 5.91 Å². The second-order valence-corrected chi connectivity index (χ2v) is 8.80. The Kier molecular flexibility index (Phi) is 4.65. The van der Waals surface area contributed by atoms with E-state index in [0.29, 0.717) is 24.1 Å². The van der Waals surface area contributed by atoms with E-state index in [4.69, 9.17) is 0 Å². The van der Waals surface area contributed by atoms with Gasteiger partial charge >= 0.3 is 0 Å². The average molecular weight is 384 g/mol. The monoisotopic (exact) mass is 384 g/mol. The van der Waals surface area contributed by atoms with Crippen molar-refractivity contribution in [2.24, 2.45) is 0 Å². The SMILES string of the molecule is CC(C)(C)N1CCN(c2ccc3c(c2)C(=O)N(C2CCCNC2=O)C3=O)CC1. The highest BCUT2D eigenvalue weighted by Gasteiger charge is 2.43. The molecule has 3 aliphatic rings. The molecule has 7 heteroatoms. The molecule has 2 fully saturated rings. The maximum Gasteiger partial charge on any atom is 0.262 e. The molecule has 3 heterocycles. The molecule has 0 aliphatic carbocycles. The number of fused-ring (bicyclic) bond motifs is 1. The van der Waals surface area contributed by atoms with Crippen molar-refractivity contribution < 1.29 is 14.4 Å². The minimum Gasteiger partial charge on any atom is -0.369 e. The van der Waals surface area contributed by atoms with Crippen molar-refractivity contribution in [2.75, 3.05) is 37.6 Å². The summed E-state index contributed by atoms with van der Waals surface area (Å²) in [6, 6.07) is 4.78. The molecule has 150 valence electrons. The third-order valence-corrected chi connectivity index (χ3v) is 6.06. The van der Waals surface area contributed by atoms with Gasteiger partial charge in [0.15, 0.2) is 0 Å². The van der Waals surface area contributed by atoms with Gasteiger partial charge in [0.05, 0.1) is 11.1 Å². The Balaban J connectivity index is 1.54. The predicted molar refractivity (Wildman–Crippen MR) is 107 cm³/mol. The Labute approximate surface area is 165 Å². The molecule has 0 radical (unpaired) electrons. The highest BCUT2D eigenvalue weighted by Crippen LogP contribution is 2.31. The van der Waals surface area contributed by atoms with Crippen LogP contribution in [0.5, 0.6) is 0 Å². The van der Waals surface area contributed by atoms with Gasteiger partial charge in [-0.05, 0) is 51.8 Å². The maximum absolute atomic E-state index is 13.0. The van der Waals surface area contributed by atoms with Crippen LogP contribution in [-0.4, -0.2) is 71.8 Å². The molecule has 0 aromatic heterocycles. The van der Waals surface area contributed by atoms with Gasteiger partial charge in [0.25, 0.3) is 11.8 Å². The fraction of sp³-hybridized carbons (Fsp3) is 0.571.